The molecule has 0 fully saturated rings. The van der Waals surface area contributed by atoms with Crippen molar-refractivity contribution in [3.63, 3.8) is 0 Å². The van der Waals surface area contributed by atoms with E-state index in [-0.39, 0.29) is 0 Å². The maximum absolute atomic E-state index is 5.81. The molecule has 0 amide bonds. The van der Waals surface area contributed by atoms with Gasteiger partial charge in [0.1, 0.15) is 5.84 Å². The first-order chi connectivity index (χ1) is 8.74. The lowest BCUT2D eigenvalue weighted by atomic mass is 10.2. The molecule has 4 heteroatoms. The maximum atomic E-state index is 5.81. The van der Waals surface area contributed by atoms with E-state index in [9.17, 15) is 0 Å². The number of pyridine rings is 1. The number of nitrogens with two attached hydrogens (primary N) is 1. The molecule has 2 rings (SSSR count). The van der Waals surface area contributed by atoms with Crippen LogP contribution in [0.3, 0.4) is 0 Å². The summed E-state index contributed by atoms with van der Waals surface area (Å²) >= 11 is 5.79. The van der Waals surface area contributed by atoms with E-state index in [2.05, 4.69) is 9.98 Å². The number of rotatable bonds is 3. The molecule has 2 N–H and O–H groups in total. The highest BCUT2D eigenvalue weighted by Crippen LogP contribution is 2.16. The van der Waals surface area contributed by atoms with Gasteiger partial charge in [-0.2, -0.15) is 0 Å². The molecule has 0 spiro atoms. The SMILES string of the molecule is NC(/C=C/c1ccncc1)=Nc1ccc(Cl)cc1. The molecule has 0 radical (unpaired) electrons. The molecule has 1 aromatic heterocycles. The van der Waals surface area contributed by atoms with Gasteiger partial charge in [-0.3, -0.25) is 4.98 Å². The van der Waals surface area contributed by atoms with Crippen LogP contribution in [0.25, 0.3) is 6.08 Å². The summed E-state index contributed by atoms with van der Waals surface area (Å²) in [5, 5.41) is 0.680. The number of hydrogen-bond donors (Lipinski definition) is 1. The van der Waals surface area contributed by atoms with Crippen LogP contribution in [0.4, 0.5) is 5.69 Å². The van der Waals surface area contributed by atoms with Gasteiger partial charge in [0.15, 0.2) is 0 Å². The van der Waals surface area contributed by atoms with Crippen LogP contribution >= 0.6 is 11.6 Å². The van der Waals surface area contributed by atoms with Crippen molar-refractivity contribution in [2.75, 3.05) is 0 Å². The molecular formula is C14H12ClN3. The van der Waals surface area contributed by atoms with E-state index < -0.39 is 0 Å². The van der Waals surface area contributed by atoms with Gasteiger partial charge in [0.25, 0.3) is 0 Å². The van der Waals surface area contributed by atoms with Gasteiger partial charge < -0.3 is 5.73 Å². The molecule has 0 bridgehead atoms. The van der Waals surface area contributed by atoms with Crippen LogP contribution in [0.15, 0.2) is 59.9 Å². The Hall–Kier alpha value is -2.13. The normalized spacial score (nSPS) is 11.9. The molecule has 2 aromatic rings. The summed E-state index contributed by atoms with van der Waals surface area (Å²) in [7, 11) is 0. The molecule has 1 heterocycles. The summed E-state index contributed by atoms with van der Waals surface area (Å²) in [6.45, 7) is 0. The largest absolute Gasteiger partial charge is 0.384 e. The van der Waals surface area contributed by atoms with Crippen molar-refractivity contribution in [3.05, 3.63) is 65.5 Å². The van der Waals surface area contributed by atoms with Crippen LogP contribution in [0.2, 0.25) is 5.02 Å². The third kappa shape index (κ3) is 3.71. The van der Waals surface area contributed by atoms with Gasteiger partial charge in [0.2, 0.25) is 0 Å². The Labute approximate surface area is 111 Å². The Kier molecular flexibility index (Phi) is 4.10. The van der Waals surface area contributed by atoms with Gasteiger partial charge in [0, 0.05) is 17.4 Å². The van der Waals surface area contributed by atoms with Crippen molar-refractivity contribution in [1.82, 2.24) is 4.98 Å². The van der Waals surface area contributed by atoms with Crippen LogP contribution in [0.5, 0.6) is 0 Å². The van der Waals surface area contributed by atoms with Gasteiger partial charge in [-0.25, -0.2) is 4.99 Å². The van der Waals surface area contributed by atoms with E-state index in [4.69, 9.17) is 17.3 Å². The summed E-state index contributed by atoms with van der Waals surface area (Å²) in [5.41, 5.74) is 7.61. The minimum Gasteiger partial charge on any atom is -0.384 e. The second-order valence-corrected chi connectivity index (χ2v) is 4.06. The second-order valence-electron chi connectivity index (χ2n) is 3.63. The van der Waals surface area contributed by atoms with Crippen LogP contribution in [-0.4, -0.2) is 10.8 Å². The van der Waals surface area contributed by atoms with E-state index >= 15 is 0 Å². The molecule has 0 aliphatic rings. The van der Waals surface area contributed by atoms with Gasteiger partial charge in [0.05, 0.1) is 5.69 Å². The molecule has 0 saturated carbocycles. The zero-order valence-corrected chi connectivity index (χ0v) is 10.4. The topological polar surface area (TPSA) is 51.3 Å². The fourth-order valence-corrected chi connectivity index (χ4v) is 1.48. The Morgan fingerprint density at radius 3 is 2.44 bits per heavy atom. The Balaban J connectivity index is 2.10. The predicted molar refractivity (Wildman–Crippen MR) is 76.0 cm³/mol. The van der Waals surface area contributed by atoms with E-state index in [0.717, 1.165) is 11.3 Å². The number of halogens is 1. The molecule has 0 atom stereocenters. The minimum absolute atomic E-state index is 0.439. The molecule has 0 saturated heterocycles. The number of aromatic nitrogens is 1. The average Bonchev–Trinajstić information content (AvgIpc) is 2.40. The smallest absolute Gasteiger partial charge is 0.124 e. The lowest BCUT2D eigenvalue weighted by Crippen LogP contribution is -2.06. The van der Waals surface area contributed by atoms with E-state index in [1.54, 1.807) is 30.6 Å². The van der Waals surface area contributed by atoms with Gasteiger partial charge in [-0.15, -0.1) is 0 Å². The molecular weight excluding hydrogens is 246 g/mol. The van der Waals surface area contributed by atoms with Crippen LogP contribution in [0.1, 0.15) is 5.56 Å². The number of hydrogen-bond acceptors (Lipinski definition) is 2. The zero-order valence-electron chi connectivity index (χ0n) is 9.62. The molecule has 0 aliphatic heterocycles. The first-order valence-corrected chi connectivity index (χ1v) is 5.80. The molecule has 18 heavy (non-hydrogen) atoms. The Morgan fingerprint density at radius 2 is 1.78 bits per heavy atom. The number of benzene rings is 1. The molecule has 0 aliphatic carbocycles. The Morgan fingerprint density at radius 1 is 1.11 bits per heavy atom. The van der Waals surface area contributed by atoms with Crippen LogP contribution in [0, 0.1) is 0 Å². The zero-order chi connectivity index (χ0) is 12.8. The van der Waals surface area contributed by atoms with Crippen molar-refractivity contribution in [2.45, 2.75) is 0 Å². The highest BCUT2D eigenvalue weighted by atomic mass is 35.5. The van der Waals surface area contributed by atoms with Crippen molar-refractivity contribution in [2.24, 2.45) is 10.7 Å². The van der Waals surface area contributed by atoms with Gasteiger partial charge in [-0.05, 0) is 48.0 Å². The highest BCUT2D eigenvalue weighted by Gasteiger charge is 1.91. The van der Waals surface area contributed by atoms with Crippen LogP contribution < -0.4 is 5.73 Å². The van der Waals surface area contributed by atoms with E-state index in [1.165, 1.54) is 0 Å². The summed E-state index contributed by atoms with van der Waals surface area (Å²) < 4.78 is 0. The average molecular weight is 258 g/mol. The second kappa shape index (κ2) is 5.98. The summed E-state index contributed by atoms with van der Waals surface area (Å²) in [4.78, 5) is 8.19. The van der Waals surface area contributed by atoms with Crippen molar-refractivity contribution in [1.29, 1.82) is 0 Å². The number of aliphatic imine (C=N–C) groups is 1. The standard InChI is InChI=1S/C14H12ClN3/c15-12-2-4-13(5-3-12)18-14(16)6-1-11-7-9-17-10-8-11/h1-10H,(H2,16,18)/b6-1+. The van der Waals surface area contributed by atoms with Crippen LogP contribution in [-0.2, 0) is 0 Å². The minimum atomic E-state index is 0.439. The molecule has 0 unspecified atom stereocenters. The predicted octanol–water partition coefficient (Wildman–Crippen LogP) is 3.44. The summed E-state index contributed by atoms with van der Waals surface area (Å²) in [5.74, 6) is 0.439. The van der Waals surface area contributed by atoms with Gasteiger partial charge in [-0.1, -0.05) is 17.7 Å². The van der Waals surface area contributed by atoms with Crippen molar-refractivity contribution >= 4 is 29.2 Å². The van der Waals surface area contributed by atoms with E-state index in [0.29, 0.717) is 10.9 Å². The summed E-state index contributed by atoms with van der Waals surface area (Å²) in [6, 6.07) is 11.0. The number of amidine groups is 1. The third-order valence-electron chi connectivity index (χ3n) is 2.24. The highest BCUT2D eigenvalue weighted by molar-refractivity contribution is 6.30. The van der Waals surface area contributed by atoms with Crippen molar-refractivity contribution < 1.29 is 0 Å². The van der Waals surface area contributed by atoms with Crippen molar-refractivity contribution in [3.8, 4) is 0 Å². The quantitative estimate of drug-likeness (QED) is 0.676. The maximum Gasteiger partial charge on any atom is 0.124 e. The first kappa shape index (κ1) is 12.3. The molecule has 1 aromatic carbocycles. The molecule has 90 valence electrons. The fourth-order valence-electron chi connectivity index (χ4n) is 1.36. The third-order valence-corrected chi connectivity index (χ3v) is 2.49. The molecule has 3 nitrogen and oxygen atoms in total. The Bertz CT molecular complexity index is 559. The lowest BCUT2D eigenvalue weighted by Gasteiger charge is -1.96. The summed E-state index contributed by atoms with van der Waals surface area (Å²) in [6.07, 6.45) is 7.10. The lowest BCUT2D eigenvalue weighted by molar-refractivity contribution is 1.32. The first-order valence-electron chi connectivity index (χ1n) is 5.42. The fraction of sp³-hybridized carbons (Fsp3) is 0. The number of nitrogens with zero attached hydrogens (tertiary/aromatic N) is 2. The monoisotopic (exact) mass is 257 g/mol. The van der Waals surface area contributed by atoms with Gasteiger partial charge >= 0.3 is 0 Å². The van der Waals surface area contributed by atoms with E-state index in [1.807, 2.05) is 30.3 Å².